The number of benzene rings is 1. The number of esters is 1. The molecule has 2 fully saturated rings. The Hall–Kier alpha value is -3.30. The Bertz CT molecular complexity index is 796. The summed E-state index contributed by atoms with van der Waals surface area (Å²) in [5, 5.41) is 5.21. The number of methoxy groups -OCH3 is 2. The van der Waals surface area contributed by atoms with Gasteiger partial charge in [-0.3, -0.25) is 19.3 Å². The van der Waals surface area contributed by atoms with Crippen molar-refractivity contribution in [3.8, 4) is 5.75 Å². The molecule has 1 aromatic rings. The third kappa shape index (κ3) is 4.58. The monoisotopic (exact) mass is 404 g/mol. The number of hydrogen-bond acceptors (Lipinski definition) is 6. The van der Waals surface area contributed by atoms with Crippen LogP contribution in [0.25, 0.3) is 0 Å². The minimum Gasteiger partial charge on any atom is -0.497 e. The zero-order chi connectivity index (χ0) is 21.0. The van der Waals surface area contributed by atoms with Crippen molar-refractivity contribution in [1.29, 1.82) is 0 Å². The van der Waals surface area contributed by atoms with Crippen molar-refractivity contribution in [1.82, 2.24) is 15.5 Å². The van der Waals surface area contributed by atoms with E-state index in [0.717, 1.165) is 0 Å². The topological polar surface area (TPSA) is 117 Å². The first-order valence-electron chi connectivity index (χ1n) is 9.28. The molecule has 0 radical (unpaired) electrons. The maximum atomic E-state index is 12.8. The van der Waals surface area contributed by atoms with Crippen molar-refractivity contribution in [2.45, 2.75) is 12.5 Å². The zero-order valence-corrected chi connectivity index (χ0v) is 16.3. The van der Waals surface area contributed by atoms with E-state index in [-0.39, 0.29) is 37.5 Å². The molecule has 2 N–H and O–H groups in total. The molecular weight excluding hydrogens is 380 g/mol. The van der Waals surface area contributed by atoms with Gasteiger partial charge in [-0.2, -0.15) is 0 Å². The highest BCUT2D eigenvalue weighted by molar-refractivity contribution is 6.00. The van der Waals surface area contributed by atoms with Gasteiger partial charge in [-0.05, 0) is 30.7 Å². The van der Waals surface area contributed by atoms with Crippen LogP contribution in [0.2, 0.25) is 0 Å². The predicted molar refractivity (Wildman–Crippen MR) is 102 cm³/mol. The van der Waals surface area contributed by atoms with Crippen molar-refractivity contribution in [2.24, 2.45) is 5.92 Å². The number of carbonyl (C=O) groups is 4. The number of ether oxygens (including phenoxy) is 2. The molecule has 0 saturated carbocycles. The quantitative estimate of drug-likeness (QED) is 0.631. The van der Waals surface area contributed by atoms with Gasteiger partial charge in [0, 0.05) is 18.8 Å². The summed E-state index contributed by atoms with van der Waals surface area (Å²) in [7, 11) is 2.81. The lowest BCUT2D eigenvalue weighted by molar-refractivity contribution is -0.141. The van der Waals surface area contributed by atoms with Crippen LogP contribution in [0.1, 0.15) is 6.42 Å². The lowest BCUT2D eigenvalue weighted by Crippen LogP contribution is -2.45. The molecule has 0 spiro atoms. The van der Waals surface area contributed by atoms with Crippen molar-refractivity contribution in [3.05, 3.63) is 24.3 Å². The van der Waals surface area contributed by atoms with Gasteiger partial charge in [0.25, 0.3) is 0 Å². The molecule has 2 aliphatic heterocycles. The second-order valence-electron chi connectivity index (χ2n) is 6.87. The molecule has 2 saturated heterocycles. The highest BCUT2D eigenvalue weighted by atomic mass is 16.5. The normalized spacial score (nSPS) is 21.0. The van der Waals surface area contributed by atoms with E-state index in [0.29, 0.717) is 24.4 Å². The molecule has 10 nitrogen and oxygen atoms in total. The van der Waals surface area contributed by atoms with Crippen LogP contribution in [0.15, 0.2) is 24.3 Å². The maximum absolute atomic E-state index is 12.8. The first kappa shape index (κ1) is 20.4. The molecule has 29 heavy (non-hydrogen) atoms. The summed E-state index contributed by atoms with van der Waals surface area (Å²) in [6, 6.07) is 5.97. The molecule has 4 amide bonds. The number of anilines is 1. The fraction of sp³-hybridized carbons (Fsp3) is 0.474. The Morgan fingerprint density at radius 1 is 1.17 bits per heavy atom. The number of likely N-dealkylation sites (tertiary alicyclic amines) is 1. The first-order valence-corrected chi connectivity index (χ1v) is 9.28. The van der Waals surface area contributed by atoms with Crippen LogP contribution in [0.4, 0.5) is 10.5 Å². The molecule has 0 aromatic heterocycles. The summed E-state index contributed by atoms with van der Waals surface area (Å²) in [5.74, 6) is -0.761. The largest absolute Gasteiger partial charge is 0.497 e. The van der Waals surface area contributed by atoms with E-state index >= 15 is 0 Å². The molecule has 1 aromatic carbocycles. The third-order valence-electron chi connectivity index (χ3n) is 5.10. The highest BCUT2D eigenvalue weighted by Gasteiger charge is 2.39. The van der Waals surface area contributed by atoms with Gasteiger partial charge in [0.1, 0.15) is 18.3 Å². The highest BCUT2D eigenvalue weighted by Crippen LogP contribution is 2.24. The van der Waals surface area contributed by atoms with E-state index in [1.165, 1.54) is 12.0 Å². The van der Waals surface area contributed by atoms with Crippen LogP contribution in [0, 0.1) is 5.92 Å². The van der Waals surface area contributed by atoms with E-state index in [1.54, 1.807) is 36.3 Å². The second kappa shape index (κ2) is 8.80. The van der Waals surface area contributed by atoms with Crippen molar-refractivity contribution in [3.63, 3.8) is 0 Å². The van der Waals surface area contributed by atoms with Gasteiger partial charge in [-0.25, -0.2) is 4.79 Å². The van der Waals surface area contributed by atoms with Gasteiger partial charge in [-0.1, -0.05) is 0 Å². The molecule has 156 valence electrons. The Balaban J connectivity index is 1.55. The average molecular weight is 404 g/mol. The summed E-state index contributed by atoms with van der Waals surface area (Å²) >= 11 is 0. The van der Waals surface area contributed by atoms with Crippen LogP contribution in [0.3, 0.4) is 0 Å². The standard InChI is InChI=1S/C19H24N4O6/c1-28-14-5-3-13(4-6-14)23-11-15(21-19(23)27)18(26)22-8-7-12(10-22)17(25)20-9-16(24)29-2/h3-6,12,15H,7-11H2,1-2H3,(H,20,25)(H,21,27). The van der Waals surface area contributed by atoms with E-state index in [2.05, 4.69) is 15.4 Å². The van der Waals surface area contributed by atoms with E-state index < -0.39 is 17.9 Å². The summed E-state index contributed by atoms with van der Waals surface area (Å²) in [6.45, 7) is 0.680. The van der Waals surface area contributed by atoms with Crippen LogP contribution in [0.5, 0.6) is 5.75 Å². The Morgan fingerprint density at radius 2 is 1.90 bits per heavy atom. The van der Waals surface area contributed by atoms with E-state index in [1.807, 2.05) is 0 Å². The van der Waals surface area contributed by atoms with Gasteiger partial charge >= 0.3 is 12.0 Å². The lowest BCUT2D eigenvalue weighted by atomic mass is 10.1. The fourth-order valence-corrected chi connectivity index (χ4v) is 3.43. The van der Waals surface area contributed by atoms with Gasteiger partial charge in [0.15, 0.2) is 0 Å². The minimum absolute atomic E-state index is 0.199. The van der Waals surface area contributed by atoms with Gasteiger partial charge in [-0.15, -0.1) is 0 Å². The Kier molecular flexibility index (Phi) is 6.20. The van der Waals surface area contributed by atoms with Crippen molar-refractivity contribution in [2.75, 3.05) is 45.3 Å². The molecule has 10 heteroatoms. The molecular formula is C19H24N4O6. The Labute approximate surface area is 168 Å². The maximum Gasteiger partial charge on any atom is 0.325 e. The molecule has 2 heterocycles. The zero-order valence-electron chi connectivity index (χ0n) is 16.3. The first-order chi connectivity index (χ1) is 13.9. The molecule has 2 aliphatic rings. The molecule has 2 unspecified atom stereocenters. The number of nitrogens with zero attached hydrogens (tertiary/aromatic N) is 2. The van der Waals surface area contributed by atoms with Crippen molar-refractivity contribution < 1.29 is 28.7 Å². The number of rotatable bonds is 6. The summed E-state index contributed by atoms with van der Waals surface area (Å²) in [5.41, 5.74) is 0.667. The fourth-order valence-electron chi connectivity index (χ4n) is 3.43. The third-order valence-corrected chi connectivity index (χ3v) is 5.10. The molecule has 0 bridgehead atoms. The minimum atomic E-state index is -0.679. The van der Waals surface area contributed by atoms with Crippen LogP contribution in [-0.4, -0.2) is 75.2 Å². The number of amides is 4. The number of carbonyl (C=O) groups excluding carboxylic acids is 4. The smallest absolute Gasteiger partial charge is 0.325 e. The number of urea groups is 1. The summed E-state index contributed by atoms with van der Waals surface area (Å²) in [6.07, 6.45) is 0.502. The van der Waals surface area contributed by atoms with Crippen LogP contribution >= 0.6 is 0 Å². The summed E-state index contributed by atoms with van der Waals surface area (Å²) in [4.78, 5) is 51.5. The Morgan fingerprint density at radius 3 is 2.55 bits per heavy atom. The lowest BCUT2D eigenvalue weighted by Gasteiger charge is -2.20. The van der Waals surface area contributed by atoms with Crippen molar-refractivity contribution >= 4 is 29.5 Å². The van der Waals surface area contributed by atoms with Crippen LogP contribution < -0.4 is 20.3 Å². The molecule has 2 atom stereocenters. The van der Waals surface area contributed by atoms with Crippen LogP contribution in [-0.2, 0) is 19.1 Å². The second-order valence-corrected chi connectivity index (χ2v) is 6.87. The van der Waals surface area contributed by atoms with E-state index in [9.17, 15) is 19.2 Å². The van der Waals surface area contributed by atoms with Gasteiger partial charge < -0.3 is 25.0 Å². The number of nitrogens with one attached hydrogen (secondary N) is 2. The summed E-state index contributed by atoms with van der Waals surface area (Å²) < 4.78 is 9.60. The number of hydrogen-bond donors (Lipinski definition) is 2. The van der Waals surface area contributed by atoms with Gasteiger partial charge in [0.2, 0.25) is 11.8 Å². The average Bonchev–Trinajstić information content (AvgIpc) is 3.38. The SMILES string of the molecule is COC(=O)CNC(=O)C1CCN(C(=O)C2CN(c3ccc(OC)cc3)C(=O)N2)C1. The van der Waals surface area contributed by atoms with Gasteiger partial charge in [0.05, 0.1) is 26.7 Å². The van der Waals surface area contributed by atoms with E-state index in [4.69, 9.17) is 4.74 Å². The predicted octanol–water partition coefficient (Wildman–Crippen LogP) is -0.269. The molecule has 3 rings (SSSR count). The molecule has 0 aliphatic carbocycles.